The normalized spacial score (nSPS) is 11.4. The molecule has 0 atom stereocenters. The van der Waals surface area contributed by atoms with Crippen molar-refractivity contribution in [2.75, 3.05) is 0 Å². The van der Waals surface area contributed by atoms with Gasteiger partial charge in [-0.05, 0) is 25.1 Å². The maximum Gasteiger partial charge on any atom is 0.354 e. The van der Waals surface area contributed by atoms with Gasteiger partial charge in [-0.3, -0.25) is 0 Å². The van der Waals surface area contributed by atoms with E-state index in [0.717, 1.165) is 25.8 Å². The van der Waals surface area contributed by atoms with Crippen LogP contribution in [0.15, 0.2) is 36.4 Å². The summed E-state index contributed by atoms with van der Waals surface area (Å²) in [6.07, 6.45) is 0. The lowest BCUT2D eigenvalue weighted by Crippen LogP contribution is -2.05. The van der Waals surface area contributed by atoms with Crippen LogP contribution in [0, 0.1) is 6.92 Å². The molecule has 0 bridgehead atoms. The van der Waals surface area contributed by atoms with Crippen LogP contribution in [0.25, 0.3) is 21.3 Å². The SMILES string of the molecule is Cc1nc2ccc(C(=O)O)nc2n1Cc1sc2ccccc2c1Cl. The highest BCUT2D eigenvalue weighted by Gasteiger charge is 2.16. The van der Waals surface area contributed by atoms with Crippen molar-refractivity contribution in [2.45, 2.75) is 13.5 Å². The second kappa shape index (κ2) is 5.58. The van der Waals surface area contributed by atoms with Crippen molar-refractivity contribution in [3.05, 3.63) is 57.8 Å². The van der Waals surface area contributed by atoms with Crippen LogP contribution in [-0.2, 0) is 6.54 Å². The van der Waals surface area contributed by atoms with Crippen molar-refractivity contribution in [3.63, 3.8) is 0 Å². The van der Waals surface area contributed by atoms with Crippen LogP contribution in [0.3, 0.4) is 0 Å². The molecule has 1 N–H and O–H groups in total. The second-order valence-electron chi connectivity index (χ2n) is 5.42. The standard InChI is InChI=1S/C17H12ClN3O2S/c1-9-19-11-6-7-12(17(22)23)20-16(11)21(9)8-14-15(18)10-4-2-3-5-13(10)24-14/h2-7H,8H2,1H3,(H,22,23). The van der Waals surface area contributed by atoms with Gasteiger partial charge in [0.05, 0.1) is 11.6 Å². The van der Waals surface area contributed by atoms with Crippen molar-refractivity contribution >= 4 is 50.2 Å². The van der Waals surface area contributed by atoms with Gasteiger partial charge in [-0.2, -0.15) is 0 Å². The average molecular weight is 358 g/mol. The van der Waals surface area contributed by atoms with Gasteiger partial charge in [-0.1, -0.05) is 29.8 Å². The summed E-state index contributed by atoms with van der Waals surface area (Å²) in [5.41, 5.74) is 1.24. The van der Waals surface area contributed by atoms with Crippen molar-refractivity contribution in [2.24, 2.45) is 0 Å². The molecule has 0 saturated carbocycles. The van der Waals surface area contributed by atoms with E-state index in [4.69, 9.17) is 16.7 Å². The number of imidazole rings is 1. The number of aryl methyl sites for hydroxylation is 1. The Hall–Kier alpha value is -2.44. The van der Waals surface area contributed by atoms with Gasteiger partial charge in [0.1, 0.15) is 11.3 Å². The summed E-state index contributed by atoms with van der Waals surface area (Å²) in [5, 5.41) is 10.9. The van der Waals surface area contributed by atoms with Gasteiger partial charge in [0.25, 0.3) is 0 Å². The lowest BCUT2D eigenvalue weighted by atomic mass is 10.2. The number of carbonyl (C=O) groups is 1. The van der Waals surface area contributed by atoms with E-state index in [1.54, 1.807) is 17.4 Å². The number of aromatic nitrogens is 3. The van der Waals surface area contributed by atoms with E-state index in [1.807, 2.05) is 35.8 Å². The number of nitrogens with zero attached hydrogens (tertiary/aromatic N) is 3. The fourth-order valence-electron chi connectivity index (χ4n) is 2.73. The fraction of sp³-hybridized carbons (Fsp3) is 0.118. The lowest BCUT2D eigenvalue weighted by Gasteiger charge is -2.05. The first-order valence-corrected chi connectivity index (χ1v) is 8.47. The minimum Gasteiger partial charge on any atom is -0.477 e. The molecule has 0 aliphatic heterocycles. The molecule has 120 valence electrons. The first kappa shape index (κ1) is 15.1. The minimum absolute atomic E-state index is 0.00564. The Morgan fingerprint density at radius 2 is 2.04 bits per heavy atom. The van der Waals surface area contributed by atoms with E-state index in [9.17, 15) is 4.79 Å². The minimum atomic E-state index is -1.05. The van der Waals surface area contributed by atoms with E-state index in [2.05, 4.69) is 9.97 Å². The van der Waals surface area contributed by atoms with Crippen LogP contribution in [-0.4, -0.2) is 25.6 Å². The average Bonchev–Trinajstić information content (AvgIpc) is 3.05. The summed E-state index contributed by atoms with van der Waals surface area (Å²) >= 11 is 8.15. The third-order valence-corrected chi connectivity index (χ3v) is 5.60. The quantitative estimate of drug-likeness (QED) is 0.591. The monoisotopic (exact) mass is 357 g/mol. The zero-order chi connectivity index (χ0) is 16.8. The third kappa shape index (κ3) is 2.35. The highest BCUT2D eigenvalue weighted by molar-refractivity contribution is 7.19. The molecule has 24 heavy (non-hydrogen) atoms. The van der Waals surface area contributed by atoms with Crippen molar-refractivity contribution in [1.29, 1.82) is 0 Å². The zero-order valence-corrected chi connectivity index (χ0v) is 14.2. The van der Waals surface area contributed by atoms with E-state index >= 15 is 0 Å². The number of rotatable bonds is 3. The number of halogens is 1. The van der Waals surface area contributed by atoms with E-state index < -0.39 is 5.97 Å². The van der Waals surface area contributed by atoms with Gasteiger partial charge in [-0.15, -0.1) is 11.3 Å². The Balaban J connectivity index is 1.86. The zero-order valence-electron chi connectivity index (χ0n) is 12.7. The molecule has 0 unspecified atom stereocenters. The number of carboxylic acid groups (broad SMARTS) is 1. The predicted octanol–water partition coefficient (Wildman–Crippen LogP) is 4.35. The number of hydrogen-bond donors (Lipinski definition) is 1. The molecule has 0 fully saturated rings. The Morgan fingerprint density at radius 1 is 1.25 bits per heavy atom. The van der Waals surface area contributed by atoms with E-state index in [-0.39, 0.29) is 5.69 Å². The Labute approximate surface area is 146 Å². The Bertz CT molecular complexity index is 1100. The first-order valence-electron chi connectivity index (χ1n) is 7.27. The summed E-state index contributed by atoms with van der Waals surface area (Å²) < 4.78 is 3.03. The molecule has 0 spiro atoms. The maximum atomic E-state index is 11.2. The Morgan fingerprint density at radius 3 is 2.79 bits per heavy atom. The maximum absolute atomic E-state index is 11.2. The number of aromatic carboxylic acids is 1. The molecule has 4 rings (SSSR count). The van der Waals surface area contributed by atoms with Gasteiger partial charge < -0.3 is 9.67 Å². The largest absolute Gasteiger partial charge is 0.477 e. The smallest absolute Gasteiger partial charge is 0.354 e. The number of pyridine rings is 1. The third-order valence-electron chi connectivity index (χ3n) is 3.91. The molecule has 0 aliphatic rings. The summed E-state index contributed by atoms with van der Waals surface area (Å²) in [5.74, 6) is -0.282. The number of benzene rings is 1. The van der Waals surface area contributed by atoms with Crippen LogP contribution < -0.4 is 0 Å². The second-order valence-corrected chi connectivity index (χ2v) is 6.94. The number of fused-ring (bicyclic) bond motifs is 2. The molecule has 0 amide bonds. The highest BCUT2D eigenvalue weighted by Crippen LogP contribution is 2.36. The van der Waals surface area contributed by atoms with Gasteiger partial charge in [-0.25, -0.2) is 14.8 Å². The molecule has 0 saturated heterocycles. The number of hydrogen-bond acceptors (Lipinski definition) is 4. The van der Waals surface area contributed by atoms with E-state index in [0.29, 0.717) is 17.7 Å². The summed E-state index contributed by atoms with van der Waals surface area (Å²) in [6, 6.07) is 11.1. The summed E-state index contributed by atoms with van der Waals surface area (Å²) in [6.45, 7) is 2.39. The predicted molar refractivity (Wildman–Crippen MR) is 95.2 cm³/mol. The van der Waals surface area contributed by atoms with Gasteiger partial charge in [0, 0.05) is 15.0 Å². The van der Waals surface area contributed by atoms with Crippen LogP contribution in [0.5, 0.6) is 0 Å². The van der Waals surface area contributed by atoms with Crippen LogP contribution in [0.2, 0.25) is 5.02 Å². The molecule has 3 heterocycles. The first-order chi connectivity index (χ1) is 11.5. The number of thiophene rings is 1. The topological polar surface area (TPSA) is 68.0 Å². The lowest BCUT2D eigenvalue weighted by molar-refractivity contribution is 0.0691. The summed E-state index contributed by atoms with van der Waals surface area (Å²) in [4.78, 5) is 20.9. The molecule has 1 aromatic carbocycles. The molecule has 3 aromatic heterocycles. The van der Waals surface area contributed by atoms with Crippen molar-refractivity contribution in [1.82, 2.24) is 14.5 Å². The molecule has 0 aliphatic carbocycles. The highest BCUT2D eigenvalue weighted by atomic mass is 35.5. The van der Waals surface area contributed by atoms with Crippen molar-refractivity contribution in [3.8, 4) is 0 Å². The fourth-order valence-corrected chi connectivity index (χ4v) is 4.21. The van der Waals surface area contributed by atoms with Crippen LogP contribution in [0.1, 0.15) is 21.2 Å². The number of carboxylic acids is 1. The summed E-state index contributed by atoms with van der Waals surface area (Å²) in [7, 11) is 0. The van der Waals surface area contributed by atoms with Crippen LogP contribution >= 0.6 is 22.9 Å². The van der Waals surface area contributed by atoms with Crippen LogP contribution in [0.4, 0.5) is 0 Å². The van der Waals surface area contributed by atoms with E-state index in [1.165, 1.54) is 6.07 Å². The molecule has 0 radical (unpaired) electrons. The van der Waals surface area contributed by atoms with Crippen molar-refractivity contribution < 1.29 is 9.90 Å². The van der Waals surface area contributed by atoms with Gasteiger partial charge in [0.2, 0.25) is 0 Å². The molecule has 4 aromatic rings. The molecule has 5 nitrogen and oxygen atoms in total. The molecule has 7 heteroatoms. The molecular formula is C17H12ClN3O2S. The van der Waals surface area contributed by atoms with Gasteiger partial charge in [0.15, 0.2) is 11.3 Å². The van der Waals surface area contributed by atoms with Gasteiger partial charge >= 0.3 is 5.97 Å². The molecular weight excluding hydrogens is 346 g/mol. The Kier molecular flexibility index (Phi) is 3.51.